The molecule has 1 nitrogen and oxygen atoms in total. The summed E-state index contributed by atoms with van der Waals surface area (Å²) in [5.41, 5.74) is 1.18. The maximum absolute atomic E-state index is 6.51. The summed E-state index contributed by atoms with van der Waals surface area (Å²) in [7, 11) is 0. The van der Waals surface area contributed by atoms with Crippen LogP contribution in [0.5, 0.6) is 0 Å². The molecular formula is C18H27Cl2N. The number of halogens is 2. The van der Waals surface area contributed by atoms with Crippen LogP contribution in [0, 0.1) is 11.8 Å². The highest BCUT2D eigenvalue weighted by atomic mass is 35.5. The van der Waals surface area contributed by atoms with E-state index in [4.69, 9.17) is 23.2 Å². The summed E-state index contributed by atoms with van der Waals surface area (Å²) in [4.78, 5) is 0. The van der Waals surface area contributed by atoms with Crippen molar-refractivity contribution in [3.8, 4) is 0 Å². The third-order valence-electron chi connectivity index (χ3n) is 4.85. The van der Waals surface area contributed by atoms with Crippen molar-refractivity contribution in [2.75, 3.05) is 6.54 Å². The van der Waals surface area contributed by atoms with E-state index in [0.717, 1.165) is 23.9 Å². The quantitative estimate of drug-likeness (QED) is 0.651. The van der Waals surface area contributed by atoms with E-state index < -0.39 is 0 Å². The van der Waals surface area contributed by atoms with Crippen molar-refractivity contribution >= 4 is 23.2 Å². The summed E-state index contributed by atoms with van der Waals surface area (Å²) in [6, 6.07) is 6.38. The molecule has 1 aliphatic rings. The van der Waals surface area contributed by atoms with E-state index in [-0.39, 0.29) is 0 Å². The molecule has 2 rings (SSSR count). The van der Waals surface area contributed by atoms with Gasteiger partial charge in [0, 0.05) is 6.04 Å². The number of benzene rings is 1. The summed E-state index contributed by atoms with van der Waals surface area (Å²) in [6.45, 7) is 5.56. The molecule has 0 saturated heterocycles. The van der Waals surface area contributed by atoms with Gasteiger partial charge in [-0.05, 0) is 42.9 Å². The Labute approximate surface area is 139 Å². The van der Waals surface area contributed by atoms with Gasteiger partial charge in [0.25, 0.3) is 0 Å². The molecule has 1 aliphatic carbocycles. The van der Waals surface area contributed by atoms with Crippen molar-refractivity contribution < 1.29 is 0 Å². The van der Waals surface area contributed by atoms with Crippen LogP contribution < -0.4 is 5.32 Å². The van der Waals surface area contributed by atoms with Crippen LogP contribution in [0.3, 0.4) is 0 Å². The van der Waals surface area contributed by atoms with Crippen molar-refractivity contribution in [2.45, 2.75) is 58.4 Å². The van der Waals surface area contributed by atoms with Gasteiger partial charge in [-0.15, -0.1) is 0 Å². The van der Waals surface area contributed by atoms with Gasteiger partial charge in [0.15, 0.2) is 0 Å². The van der Waals surface area contributed by atoms with Crippen LogP contribution in [0.4, 0.5) is 0 Å². The van der Waals surface area contributed by atoms with E-state index in [1.807, 2.05) is 12.1 Å². The zero-order valence-corrected chi connectivity index (χ0v) is 14.7. The van der Waals surface area contributed by atoms with Crippen molar-refractivity contribution in [3.63, 3.8) is 0 Å². The lowest BCUT2D eigenvalue weighted by Gasteiger charge is -2.38. The predicted molar refractivity (Wildman–Crippen MR) is 93.2 cm³/mol. The molecule has 3 unspecified atom stereocenters. The predicted octanol–water partition coefficient (Wildman–Crippen LogP) is 6.25. The van der Waals surface area contributed by atoms with E-state index in [1.54, 1.807) is 0 Å². The maximum atomic E-state index is 6.51. The van der Waals surface area contributed by atoms with Crippen LogP contribution >= 0.6 is 23.2 Å². The summed E-state index contributed by atoms with van der Waals surface area (Å²) in [5, 5.41) is 5.14. The van der Waals surface area contributed by atoms with Gasteiger partial charge in [-0.25, -0.2) is 0 Å². The first-order valence-electron chi connectivity index (χ1n) is 8.36. The molecule has 1 N–H and O–H groups in total. The molecule has 3 heteroatoms. The number of rotatable bonds is 6. The Morgan fingerprint density at radius 2 is 1.95 bits per heavy atom. The minimum atomic E-state index is 0.335. The summed E-state index contributed by atoms with van der Waals surface area (Å²) in [5.74, 6) is 1.47. The SMILES string of the molecule is CCCNC(c1cccc(Cl)c1Cl)C1CCCCC1CC. The Hall–Kier alpha value is -0.240. The highest BCUT2D eigenvalue weighted by Crippen LogP contribution is 2.43. The average molecular weight is 328 g/mol. The van der Waals surface area contributed by atoms with Crippen molar-refractivity contribution in [3.05, 3.63) is 33.8 Å². The summed E-state index contributed by atoms with van der Waals surface area (Å²) >= 11 is 12.7. The first-order chi connectivity index (χ1) is 10.2. The Balaban J connectivity index is 2.30. The van der Waals surface area contributed by atoms with E-state index in [0.29, 0.717) is 17.0 Å². The molecular weight excluding hydrogens is 301 g/mol. The molecule has 0 spiro atoms. The first kappa shape index (κ1) is 17.1. The Morgan fingerprint density at radius 3 is 2.67 bits per heavy atom. The van der Waals surface area contributed by atoms with Gasteiger partial charge < -0.3 is 5.32 Å². The van der Waals surface area contributed by atoms with Gasteiger partial charge in [0.05, 0.1) is 10.0 Å². The fourth-order valence-electron chi connectivity index (χ4n) is 3.73. The van der Waals surface area contributed by atoms with E-state index in [9.17, 15) is 0 Å². The molecule has 0 bridgehead atoms. The Bertz CT molecular complexity index is 447. The van der Waals surface area contributed by atoms with E-state index in [2.05, 4.69) is 25.2 Å². The smallest absolute Gasteiger partial charge is 0.0640 e. The lowest BCUT2D eigenvalue weighted by molar-refractivity contribution is 0.175. The lowest BCUT2D eigenvalue weighted by Crippen LogP contribution is -2.35. The molecule has 21 heavy (non-hydrogen) atoms. The molecule has 0 heterocycles. The third kappa shape index (κ3) is 4.15. The van der Waals surface area contributed by atoms with Crippen LogP contribution in [0.2, 0.25) is 10.0 Å². The normalized spacial score (nSPS) is 24.0. The Morgan fingerprint density at radius 1 is 1.19 bits per heavy atom. The molecule has 0 radical (unpaired) electrons. The molecule has 3 atom stereocenters. The fraction of sp³-hybridized carbons (Fsp3) is 0.667. The van der Waals surface area contributed by atoms with Gasteiger partial charge >= 0.3 is 0 Å². The van der Waals surface area contributed by atoms with Crippen molar-refractivity contribution in [1.82, 2.24) is 5.32 Å². The van der Waals surface area contributed by atoms with Gasteiger partial charge in [-0.1, -0.05) is 74.9 Å². The summed E-state index contributed by atoms with van der Waals surface area (Å²) < 4.78 is 0. The largest absolute Gasteiger partial charge is 0.310 e. The van der Waals surface area contributed by atoms with Crippen LogP contribution in [-0.4, -0.2) is 6.54 Å². The fourth-order valence-corrected chi connectivity index (χ4v) is 4.16. The third-order valence-corrected chi connectivity index (χ3v) is 5.68. The molecule has 1 fully saturated rings. The van der Waals surface area contributed by atoms with Crippen LogP contribution in [-0.2, 0) is 0 Å². The number of hydrogen-bond donors (Lipinski definition) is 1. The van der Waals surface area contributed by atoms with Gasteiger partial charge in [-0.2, -0.15) is 0 Å². The number of nitrogens with one attached hydrogen (secondary N) is 1. The van der Waals surface area contributed by atoms with Crippen LogP contribution in [0.25, 0.3) is 0 Å². The van der Waals surface area contributed by atoms with Gasteiger partial charge in [0.2, 0.25) is 0 Å². The molecule has 1 saturated carbocycles. The zero-order valence-electron chi connectivity index (χ0n) is 13.2. The number of hydrogen-bond acceptors (Lipinski definition) is 1. The minimum absolute atomic E-state index is 0.335. The standard InChI is InChI=1S/C18H27Cl2N/c1-3-12-21-18(14-9-6-5-8-13(14)4-2)15-10-7-11-16(19)17(15)20/h7,10-11,13-14,18,21H,3-6,8-9,12H2,1-2H3. The first-order valence-corrected chi connectivity index (χ1v) is 9.11. The maximum Gasteiger partial charge on any atom is 0.0640 e. The molecule has 1 aromatic carbocycles. The highest BCUT2D eigenvalue weighted by Gasteiger charge is 2.32. The van der Waals surface area contributed by atoms with Gasteiger partial charge in [0.1, 0.15) is 0 Å². The summed E-state index contributed by atoms with van der Waals surface area (Å²) in [6.07, 6.45) is 7.75. The second-order valence-corrected chi connectivity index (χ2v) is 6.98. The second-order valence-electron chi connectivity index (χ2n) is 6.19. The van der Waals surface area contributed by atoms with Gasteiger partial charge in [-0.3, -0.25) is 0 Å². The average Bonchev–Trinajstić information content (AvgIpc) is 2.52. The molecule has 0 amide bonds. The highest BCUT2D eigenvalue weighted by molar-refractivity contribution is 6.42. The molecule has 118 valence electrons. The van der Waals surface area contributed by atoms with E-state index >= 15 is 0 Å². The van der Waals surface area contributed by atoms with Crippen molar-refractivity contribution in [2.24, 2.45) is 11.8 Å². The minimum Gasteiger partial charge on any atom is -0.310 e. The Kier molecular flexibility index (Phi) is 6.85. The monoisotopic (exact) mass is 327 g/mol. The van der Waals surface area contributed by atoms with Crippen LogP contribution in [0.15, 0.2) is 18.2 Å². The second kappa shape index (κ2) is 8.41. The lowest BCUT2D eigenvalue weighted by atomic mass is 9.72. The molecule has 1 aromatic rings. The van der Waals surface area contributed by atoms with Crippen LogP contribution in [0.1, 0.15) is 64.0 Å². The van der Waals surface area contributed by atoms with E-state index in [1.165, 1.54) is 37.7 Å². The molecule has 0 aromatic heterocycles. The van der Waals surface area contributed by atoms with Crippen molar-refractivity contribution in [1.29, 1.82) is 0 Å². The molecule has 0 aliphatic heterocycles. The zero-order chi connectivity index (χ0) is 15.2. The topological polar surface area (TPSA) is 12.0 Å².